The van der Waals surface area contributed by atoms with Crippen molar-refractivity contribution in [2.24, 2.45) is 0 Å². The summed E-state index contributed by atoms with van der Waals surface area (Å²) in [7, 11) is 0. The van der Waals surface area contributed by atoms with Gasteiger partial charge in [0.2, 0.25) is 0 Å². The van der Waals surface area contributed by atoms with E-state index in [0.29, 0.717) is 13.2 Å². The van der Waals surface area contributed by atoms with E-state index in [-0.39, 0.29) is 17.7 Å². The first-order chi connectivity index (χ1) is 18.8. The Labute approximate surface area is 226 Å². The first-order valence-corrected chi connectivity index (χ1v) is 13.5. The van der Waals surface area contributed by atoms with Crippen molar-refractivity contribution in [1.82, 2.24) is 9.80 Å². The molecule has 1 saturated heterocycles. The van der Waals surface area contributed by atoms with Gasteiger partial charge in [-0.15, -0.1) is 0 Å². The van der Waals surface area contributed by atoms with E-state index < -0.39 is 0 Å². The lowest BCUT2D eigenvalue weighted by molar-refractivity contribution is -0.121. The lowest BCUT2D eigenvalue weighted by Crippen LogP contribution is -2.51. The number of carbonyl (C=O) groups excluding carboxylic acids is 1. The number of carbonyl (C=O) groups is 1. The Balaban J connectivity index is 1.38. The van der Waals surface area contributed by atoms with Crippen molar-refractivity contribution in [2.45, 2.75) is 25.0 Å². The van der Waals surface area contributed by atoms with E-state index in [4.69, 9.17) is 4.74 Å². The molecule has 4 aromatic rings. The van der Waals surface area contributed by atoms with Crippen LogP contribution in [-0.2, 0) is 22.6 Å². The van der Waals surface area contributed by atoms with Crippen molar-refractivity contribution in [3.63, 3.8) is 0 Å². The number of rotatable bonds is 11. The molecule has 38 heavy (non-hydrogen) atoms. The van der Waals surface area contributed by atoms with Crippen LogP contribution in [0.3, 0.4) is 0 Å². The van der Waals surface area contributed by atoms with Crippen LogP contribution in [0.1, 0.15) is 28.2 Å². The molecule has 4 aromatic carbocycles. The standard InChI is InChI=1S/C34H36N2O2/c37-33(34(30-17-9-3-10-18-30)31-19-11-4-12-20-31)26-35(23-28-13-5-1-6-14-28)25-32-27-38-22-21-36(32)24-29-15-7-2-8-16-29/h1-20,32,34H,21-27H2. The van der Waals surface area contributed by atoms with E-state index in [2.05, 4.69) is 88.7 Å². The maximum atomic E-state index is 14.1. The van der Waals surface area contributed by atoms with Crippen molar-refractivity contribution < 1.29 is 9.53 Å². The van der Waals surface area contributed by atoms with Crippen LogP contribution in [0.2, 0.25) is 0 Å². The van der Waals surface area contributed by atoms with Crippen LogP contribution >= 0.6 is 0 Å². The average molecular weight is 505 g/mol. The maximum absolute atomic E-state index is 14.1. The Morgan fingerprint density at radius 1 is 0.763 bits per heavy atom. The fourth-order valence-corrected chi connectivity index (χ4v) is 5.37. The monoisotopic (exact) mass is 504 g/mol. The maximum Gasteiger partial charge on any atom is 0.158 e. The SMILES string of the molecule is O=C(CN(Cc1ccccc1)CC1COCCN1Cc1ccccc1)C(c1ccccc1)c1ccccc1. The second-order valence-corrected chi connectivity index (χ2v) is 10.1. The highest BCUT2D eigenvalue weighted by molar-refractivity contribution is 5.90. The zero-order valence-corrected chi connectivity index (χ0v) is 21.9. The predicted molar refractivity (Wildman–Crippen MR) is 153 cm³/mol. The fraction of sp³-hybridized carbons (Fsp3) is 0.265. The third kappa shape index (κ3) is 7.05. The molecular weight excluding hydrogens is 468 g/mol. The molecule has 4 nitrogen and oxygen atoms in total. The predicted octanol–water partition coefficient (Wildman–Crippen LogP) is 5.79. The second-order valence-electron chi connectivity index (χ2n) is 10.1. The summed E-state index contributed by atoms with van der Waals surface area (Å²) in [5.74, 6) is -0.0802. The molecular formula is C34H36N2O2. The molecule has 0 bridgehead atoms. The quantitative estimate of drug-likeness (QED) is 0.259. The molecule has 4 heteroatoms. The normalized spacial score (nSPS) is 16.1. The molecule has 0 spiro atoms. The molecule has 0 aromatic heterocycles. The molecule has 0 N–H and O–H groups in total. The van der Waals surface area contributed by atoms with E-state index in [1.54, 1.807) is 0 Å². The fourth-order valence-electron chi connectivity index (χ4n) is 5.37. The minimum atomic E-state index is -0.293. The Morgan fingerprint density at radius 2 is 1.29 bits per heavy atom. The van der Waals surface area contributed by atoms with E-state index >= 15 is 0 Å². The number of hydrogen-bond donors (Lipinski definition) is 0. The van der Waals surface area contributed by atoms with Crippen LogP contribution in [0, 0.1) is 0 Å². The molecule has 1 unspecified atom stereocenters. The van der Waals surface area contributed by atoms with Gasteiger partial charge < -0.3 is 4.74 Å². The molecule has 1 aliphatic heterocycles. The van der Waals surface area contributed by atoms with Gasteiger partial charge in [-0.3, -0.25) is 14.6 Å². The van der Waals surface area contributed by atoms with Crippen LogP contribution in [0.15, 0.2) is 121 Å². The van der Waals surface area contributed by atoms with Gasteiger partial charge in [0.25, 0.3) is 0 Å². The molecule has 1 heterocycles. The van der Waals surface area contributed by atoms with Gasteiger partial charge in [0.15, 0.2) is 5.78 Å². The van der Waals surface area contributed by atoms with Gasteiger partial charge in [-0.2, -0.15) is 0 Å². The minimum Gasteiger partial charge on any atom is -0.378 e. The average Bonchev–Trinajstić information content (AvgIpc) is 2.96. The highest BCUT2D eigenvalue weighted by Crippen LogP contribution is 2.26. The van der Waals surface area contributed by atoms with E-state index in [0.717, 1.165) is 43.9 Å². The van der Waals surface area contributed by atoms with Gasteiger partial charge in [-0.1, -0.05) is 121 Å². The third-order valence-corrected chi connectivity index (χ3v) is 7.26. The van der Waals surface area contributed by atoms with Gasteiger partial charge in [0.05, 0.1) is 25.7 Å². The lowest BCUT2D eigenvalue weighted by atomic mass is 9.87. The highest BCUT2D eigenvalue weighted by atomic mass is 16.5. The highest BCUT2D eigenvalue weighted by Gasteiger charge is 2.29. The lowest BCUT2D eigenvalue weighted by Gasteiger charge is -2.38. The van der Waals surface area contributed by atoms with Gasteiger partial charge in [-0.25, -0.2) is 0 Å². The molecule has 1 aliphatic rings. The molecule has 194 valence electrons. The van der Waals surface area contributed by atoms with Gasteiger partial charge in [0.1, 0.15) is 0 Å². The number of benzene rings is 4. The molecule has 1 atom stereocenters. The summed E-state index contributed by atoms with van der Waals surface area (Å²) < 4.78 is 5.94. The number of Topliss-reactive ketones (excluding diaryl/α,β-unsaturated/α-hetero) is 1. The number of morpholine rings is 1. The van der Waals surface area contributed by atoms with Crippen LogP contribution in [-0.4, -0.2) is 54.5 Å². The summed E-state index contributed by atoms with van der Waals surface area (Å²) in [6, 6.07) is 41.6. The zero-order chi connectivity index (χ0) is 26.0. The zero-order valence-electron chi connectivity index (χ0n) is 21.9. The van der Waals surface area contributed by atoms with Crippen molar-refractivity contribution >= 4 is 5.78 Å². The van der Waals surface area contributed by atoms with Gasteiger partial charge in [-0.05, 0) is 22.3 Å². The summed E-state index contributed by atoms with van der Waals surface area (Å²) in [5.41, 5.74) is 4.59. The summed E-state index contributed by atoms with van der Waals surface area (Å²) in [6.07, 6.45) is 0. The number of ketones is 1. The first kappa shape index (κ1) is 26.1. The largest absolute Gasteiger partial charge is 0.378 e. The molecule has 0 radical (unpaired) electrons. The Morgan fingerprint density at radius 3 is 1.87 bits per heavy atom. The van der Waals surface area contributed by atoms with Gasteiger partial charge in [0, 0.05) is 32.2 Å². The first-order valence-electron chi connectivity index (χ1n) is 13.5. The summed E-state index contributed by atoms with van der Waals surface area (Å²) in [5, 5.41) is 0. The Kier molecular flexibility index (Phi) is 9.11. The van der Waals surface area contributed by atoms with Crippen LogP contribution in [0.25, 0.3) is 0 Å². The van der Waals surface area contributed by atoms with Crippen LogP contribution in [0.4, 0.5) is 0 Å². The second kappa shape index (κ2) is 13.3. The topological polar surface area (TPSA) is 32.8 Å². The third-order valence-electron chi connectivity index (χ3n) is 7.26. The molecule has 5 rings (SSSR count). The van der Waals surface area contributed by atoms with Crippen molar-refractivity contribution in [2.75, 3.05) is 32.8 Å². The minimum absolute atomic E-state index is 0.213. The van der Waals surface area contributed by atoms with E-state index in [1.165, 1.54) is 11.1 Å². The number of hydrogen-bond acceptors (Lipinski definition) is 4. The summed E-state index contributed by atoms with van der Waals surface area (Å²) >= 11 is 0. The molecule has 0 amide bonds. The van der Waals surface area contributed by atoms with Crippen LogP contribution < -0.4 is 0 Å². The van der Waals surface area contributed by atoms with Crippen molar-refractivity contribution in [1.29, 1.82) is 0 Å². The van der Waals surface area contributed by atoms with E-state index in [9.17, 15) is 4.79 Å². The molecule has 0 aliphatic carbocycles. The van der Waals surface area contributed by atoms with Crippen LogP contribution in [0.5, 0.6) is 0 Å². The molecule has 1 fully saturated rings. The molecule has 0 saturated carbocycles. The summed E-state index contributed by atoms with van der Waals surface area (Å²) in [6.45, 7) is 5.06. The summed E-state index contributed by atoms with van der Waals surface area (Å²) in [4.78, 5) is 18.9. The van der Waals surface area contributed by atoms with Crippen molar-refractivity contribution in [3.8, 4) is 0 Å². The smallest absolute Gasteiger partial charge is 0.158 e. The van der Waals surface area contributed by atoms with Gasteiger partial charge >= 0.3 is 0 Å². The Hall–Kier alpha value is -3.57. The van der Waals surface area contributed by atoms with E-state index in [1.807, 2.05) is 42.5 Å². The Bertz CT molecular complexity index is 1210. The van der Waals surface area contributed by atoms with Crippen molar-refractivity contribution in [3.05, 3.63) is 144 Å². The number of ether oxygens (including phenoxy) is 1. The number of nitrogens with zero attached hydrogens (tertiary/aromatic N) is 2.